The number of carbonyl (C=O) groups excluding carboxylic acids is 1. The van der Waals surface area contributed by atoms with Crippen molar-refractivity contribution in [3.63, 3.8) is 0 Å². The molecule has 0 radical (unpaired) electrons. The molecule has 0 bridgehead atoms. The Morgan fingerprint density at radius 2 is 1.88 bits per heavy atom. The van der Waals surface area contributed by atoms with Gasteiger partial charge in [-0.1, -0.05) is 17.7 Å². The van der Waals surface area contributed by atoms with E-state index >= 15 is 0 Å². The molecule has 1 saturated heterocycles. The maximum absolute atomic E-state index is 14.6. The van der Waals surface area contributed by atoms with Crippen LogP contribution >= 0.6 is 11.6 Å². The molecule has 2 unspecified atom stereocenters. The fourth-order valence-electron chi connectivity index (χ4n) is 4.12. The van der Waals surface area contributed by atoms with Crippen LogP contribution in [0.4, 0.5) is 14.6 Å². The molecule has 2 aliphatic heterocycles. The van der Waals surface area contributed by atoms with Crippen LogP contribution in [0.25, 0.3) is 5.70 Å². The third-order valence-electron chi connectivity index (χ3n) is 6.12. The minimum absolute atomic E-state index is 0.141. The smallest absolute Gasteiger partial charge is 0.260 e. The highest BCUT2D eigenvalue weighted by atomic mass is 35.5. The van der Waals surface area contributed by atoms with Gasteiger partial charge in [-0.3, -0.25) is 9.79 Å². The van der Waals surface area contributed by atoms with Gasteiger partial charge in [0, 0.05) is 56.1 Å². The number of anilines is 1. The highest BCUT2D eigenvalue weighted by Gasteiger charge is 2.44. The van der Waals surface area contributed by atoms with Crippen LogP contribution in [0.1, 0.15) is 30.6 Å². The van der Waals surface area contributed by atoms with E-state index in [9.17, 15) is 13.6 Å². The number of aliphatic imine (C=N–C) groups is 1. The zero-order valence-electron chi connectivity index (χ0n) is 19.0. The summed E-state index contributed by atoms with van der Waals surface area (Å²) in [5.74, 6) is -1.37. The Hall–Kier alpha value is -2.88. The lowest BCUT2D eigenvalue weighted by molar-refractivity contribution is -0.156. The van der Waals surface area contributed by atoms with Gasteiger partial charge in [-0.25, -0.2) is 13.8 Å². The number of pyridine rings is 1. The summed E-state index contributed by atoms with van der Waals surface area (Å²) in [7, 11) is 1.99. The lowest BCUT2D eigenvalue weighted by atomic mass is 9.93. The van der Waals surface area contributed by atoms with Crippen molar-refractivity contribution in [2.75, 3.05) is 39.0 Å². The fraction of sp³-hybridized carbons (Fsp3) is 0.375. The van der Waals surface area contributed by atoms with E-state index in [1.54, 1.807) is 36.2 Å². The Labute approximate surface area is 201 Å². The third-order valence-corrected chi connectivity index (χ3v) is 6.50. The second kappa shape index (κ2) is 9.77. The SMILES string of the molecule is CC(OC1(C(=O)N2CCN(C)CC2)C=NC(c2ccc(N)nc2)=CC1)c1c(F)ccc(F)c1Cl. The zero-order chi connectivity index (χ0) is 24.5. The molecule has 1 fully saturated rings. The number of nitrogens with zero attached hydrogens (tertiary/aromatic N) is 4. The van der Waals surface area contributed by atoms with Crippen LogP contribution < -0.4 is 5.73 Å². The first-order valence-electron chi connectivity index (χ1n) is 11.0. The number of aromatic nitrogens is 1. The Kier molecular flexibility index (Phi) is 6.97. The minimum atomic E-state index is -1.50. The molecule has 3 heterocycles. The predicted molar refractivity (Wildman–Crippen MR) is 127 cm³/mol. The average Bonchev–Trinajstić information content (AvgIpc) is 2.83. The number of rotatable bonds is 5. The van der Waals surface area contributed by atoms with E-state index in [-0.39, 0.29) is 22.9 Å². The summed E-state index contributed by atoms with van der Waals surface area (Å²) in [4.78, 5) is 26.1. The van der Waals surface area contributed by atoms with Crippen LogP contribution in [0.5, 0.6) is 0 Å². The zero-order valence-corrected chi connectivity index (χ0v) is 19.7. The number of hydrogen-bond donors (Lipinski definition) is 1. The first-order valence-corrected chi connectivity index (χ1v) is 11.3. The van der Waals surface area contributed by atoms with E-state index in [1.807, 2.05) is 7.05 Å². The maximum atomic E-state index is 14.6. The van der Waals surface area contributed by atoms with Crippen molar-refractivity contribution in [2.45, 2.75) is 25.0 Å². The van der Waals surface area contributed by atoms with Crippen molar-refractivity contribution in [1.29, 1.82) is 0 Å². The van der Waals surface area contributed by atoms with Gasteiger partial charge in [-0.2, -0.15) is 0 Å². The van der Waals surface area contributed by atoms with Crippen molar-refractivity contribution in [2.24, 2.45) is 4.99 Å². The number of nitrogen functional groups attached to an aromatic ring is 1. The first kappa shape index (κ1) is 24.3. The normalized spacial score (nSPS) is 21.9. The molecule has 180 valence electrons. The number of piperazine rings is 1. The van der Waals surface area contributed by atoms with E-state index in [1.165, 1.54) is 6.21 Å². The van der Waals surface area contributed by atoms with E-state index in [2.05, 4.69) is 14.9 Å². The van der Waals surface area contributed by atoms with Crippen LogP contribution in [-0.2, 0) is 9.53 Å². The van der Waals surface area contributed by atoms with Gasteiger partial charge < -0.3 is 20.3 Å². The number of likely N-dealkylation sites (N-methyl/N-ethyl adjacent to an activating group) is 1. The van der Waals surface area contributed by atoms with Crippen molar-refractivity contribution in [1.82, 2.24) is 14.8 Å². The molecule has 0 saturated carbocycles. The first-order chi connectivity index (χ1) is 16.2. The molecule has 1 amide bonds. The Balaban J connectivity index is 1.66. The van der Waals surface area contributed by atoms with Crippen LogP contribution in [0.15, 0.2) is 41.5 Å². The standard InChI is InChI=1S/C24H26ClF2N5O2/c1-15(21-17(26)4-5-18(27)22(21)25)34-24(23(33)32-11-9-31(2)10-12-32)8-7-19(30-14-24)16-3-6-20(28)29-13-16/h3-7,13-15H,8-12H2,1-2H3,(H2,28,29). The largest absolute Gasteiger partial charge is 0.384 e. The molecule has 2 aliphatic rings. The van der Waals surface area contributed by atoms with Crippen LogP contribution in [0, 0.1) is 11.6 Å². The molecule has 10 heteroatoms. The molecule has 34 heavy (non-hydrogen) atoms. The number of benzene rings is 1. The number of amides is 1. The number of halogens is 3. The summed E-state index contributed by atoms with van der Waals surface area (Å²) >= 11 is 6.06. The average molecular weight is 490 g/mol. The number of carbonyl (C=O) groups is 1. The molecule has 1 aromatic carbocycles. The van der Waals surface area contributed by atoms with Gasteiger partial charge in [0.05, 0.1) is 16.8 Å². The minimum Gasteiger partial charge on any atom is -0.384 e. The fourth-order valence-corrected chi connectivity index (χ4v) is 4.42. The molecule has 2 atom stereocenters. The van der Waals surface area contributed by atoms with Gasteiger partial charge >= 0.3 is 0 Å². The highest BCUT2D eigenvalue weighted by Crippen LogP contribution is 2.37. The quantitative estimate of drug-likeness (QED) is 0.647. The van der Waals surface area contributed by atoms with Crippen LogP contribution in [0.3, 0.4) is 0 Å². The summed E-state index contributed by atoms with van der Waals surface area (Å²) < 4.78 is 34.8. The number of hydrogen-bond acceptors (Lipinski definition) is 6. The van der Waals surface area contributed by atoms with Crippen molar-refractivity contribution < 1.29 is 18.3 Å². The molecule has 4 rings (SSSR count). The summed E-state index contributed by atoms with van der Waals surface area (Å²) in [5, 5.41) is -0.369. The van der Waals surface area contributed by atoms with Gasteiger partial charge in [0.2, 0.25) is 0 Å². The molecular weight excluding hydrogens is 464 g/mol. The van der Waals surface area contributed by atoms with Gasteiger partial charge in [0.25, 0.3) is 5.91 Å². The number of ether oxygens (including phenoxy) is 1. The molecule has 2 N–H and O–H groups in total. The highest BCUT2D eigenvalue weighted by molar-refractivity contribution is 6.31. The van der Waals surface area contributed by atoms with Crippen LogP contribution in [0.2, 0.25) is 5.02 Å². The summed E-state index contributed by atoms with van der Waals surface area (Å²) in [5.41, 5.74) is 5.37. The molecule has 1 aromatic heterocycles. The van der Waals surface area contributed by atoms with E-state index in [4.69, 9.17) is 22.1 Å². The van der Waals surface area contributed by atoms with Crippen molar-refractivity contribution in [3.8, 4) is 0 Å². The van der Waals surface area contributed by atoms with Crippen molar-refractivity contribution >= 4 is 35.2 Å². The third kappa shape index (κ3) is 4.82. The predicted octanol–water partition coefficient (Wildman–Crippen LogP) is 3.70. The molecule has 0 aliphatic carbocycles. The van der Waals surface area contributed by atoms with E-state index in [0.717, 1.165) is 30.8 Å². The summed E-state index contributed by atoms with van der Waals surface area (Å²) in [6, 6.07) is 5.39. The van der Waals surface area contributed by atoms with Gasteiger partial charge in [-0.05, 0) is 38.2 Å². The topological polar surface area (TPSA) is 84.0 Å². The summed E-state index contributed by atoms with van der Waals surface area (Å²) in [6.45, 7) is 4.03. The Morgan fingerprint density at radius 1 is 1.18 bits per heavy atom. The Bertz CT molecular complexity index is 1130. The molecule has 2 aromatic rings. The maximum Gasteiger partial charge on any atom is 0.260 e. The second-order valence-corrected chi connectivity index (χ2v) is 8.90. The van der Waals surface area contributed by atoms with Gasteiger partial charge in [-0.15, -0.1) is 0 Å². The molecular formula is C24H26ClF2N5O2. The lowest BCUT2D eigenvalue weighted by Gasteiger charge is -2.40. The van der Waals surface area contributed by atoms with Gasteiger partial charge in [0.15, 0.2) is 5.60 Å². The van der Waals surface area contributed by atoms with Crippen molar-refractivity contribution in [3.05, 3.63) is 64.3 Å². The van der Waals surface area contributed by atoms with E-state index in [0.29, 0.717) is 24.6 Å². The molecule has 0 spiro atoms. The molecule has 7 nitrogen and oxygen atoms in total. The monoisotopic (exact) mass is 489 g/mol. The van der Waals surface area contributed by atoms with Gasteiger partial charge in [0.1, 0.15) is 17.5 Å². The lowest BCUT2D eigenvalue weighted by Crippen LogP contribution is -2.57. The summed E-state index contributed by atoms with van der Waals surface area (Å²) in [6.07, 6.45) is 3.96. The Morgan fingerprint density at radius 3 is 2.50 bits per heavy atom. The van der Waals surface area contributed by atoms with Crippen LogP contribution in [-0.4, -0.2) is 65.7 Å². The van der Waals surface area contributed by atoms with E-state index < -0.39 is 23.3 Å². The second-order valence-electron chi connectivity index (χ2n) is 8.53. The number of nitrogens with two attached hydrogens (primary N) is 1.